The van der Waals surface area contributed by atoms with Crippen LogP contribution in [0, 0.1) is 0 Å². The molecule has 1 N–H and O–H groups in total. The fourth-order valence-electron chi connectivity index (χ4n) is 2.99. The summed E-state index contributed by atoms with van der Waals surface area (Å²) in [6, 6.07) is 17.0. The molecular weight excluding hydrogens is 260 g/mol. The highest BCUT2D eigenvalue weighted by molar-refractivity contribution is 5.93. The monoisotopic (exact) mass is 278 g/mol. The zero-order chi connectivity index (χ0) is 14.1. The Hall–Kier alpha value is -2.26. The summed E-state index contributed by atoms with van der Waals surface area (Å²) in [5.74, 6) is 0. The number of para-hydroxylation sites is 2. The zero-order valence-corrected chi connectivity index (χ0v) is 11.9. The lowest BCUT2D eigenvalue weighted by atomic mass is 10.1. The van der Waals surface area contributed by atoms with Crippen LogP contribution in [0.15, 0.2) is 48.5 Å². The average molecular weight is 278 g/mol. The van der Waals surface area contributed by atoms with Gasteiger partial charge in [-0.3, -0.25) is 0 Å². The predicted octanol–water partition coefficient (Wildman–Crippen LogP) is 3.57. The van der Waals surface area contributed by atoms with Gasteiger partial charge in [-0.2, -0.15) is 0 Å². The minimum absolute atomic E-state index is 0.800. The lowest BCUT2D eigenvalue weighted by Crippen LogP contribution is -2.34. The van der Waals surface area contributed by atoms with Gasteiger partial charge in [-0.1, -0.05) is 36.4 Å². The van der Waals surface area contributed by atoms with Gasteiger partial charge in [0.2, 0.25) is 0 Å². The van der Waals surface area contributed by atoms with Crippen molar-refractivity contribution < 1.29 is 4.74 Å². The molecular formula is C18H18N2O. The molecule has 0 amide bonds. The maximum atomic E-state index is 5.49. The second kappa shape index (κ2) is 5.26. The first kappa shape index (κ1) is 12.5. The van der Waals surface area contributed by atoms with Gasteiger partial charge in [-0.05, 0) is 23.8 Å². The average Bonchev–Trinajstić information content (AvgIpc) is 2.72. The predicted molar refractivity (Wildman–Crippen MR) is 86.4 cm³/mol. The topological polar surface area (TPSA) is 24.5 Å². The molecule has 0 spiro atoms. The highest BCUT2D eigenvalue weighted by Crippen LogP contribution is 2.36. The van der Waals surface area contributed by atoms with E-state index in [1.807, 2.05) is 0 Å². The highest BCUT2D eigenvalue weighted by atomic mass is 16.5. The highest BCUT2D eigenvalue weighted by Gasteiger charge is 2.20. The summed E-state index contributed by atoms with van der Waals surface area (Å²) in [5, 5.41) is 3.56. The zero-order valence-electron chi connectivity index (χ0n) is 11.9. The van der Waals surface area contributed by atoms with Crippen molar-refractivity contribution in [2.24, 2.45) is 0 Å². The van der Waals surface area contributed by atoms with Gasteiger partial charge < -0.3 is 15.0 Å². The molecule has 21 heavy (non-hydrogen) atoms. The van der Waals surface area contributed by atoms with Gasteiger partial charge in [0, 0.05) is 35.7 Å². The summed E-state index contributed by atoms with van der Waals surface area (Å²) in [7, 11) is 0. The number of nitrogens with zero attached hydrogens (tertiary/aromatic N) is 1. The van der Waals surface area contributed by atoms with E-state index in [1.54, 1.807) is 0 Å². The van der Waals surface area contributed by atoms with Crippen LogP contribution in [0.5, 0.6) is 0 Å². The van der Waals surface area contributed by atoms with Crippen molar-refractivity contribution in [3.8, 4) is 0 Å². The lowest BCUT2D eigenvalue weighted by Gasteiger charge is -2.31. The van der Waals surface area contributed by atoms with Crippen molar-refractivity contribution in [2.75, 3.05) is 31.6 Å². The molecule has 0 atom stereocenters. The van der Waals surface area contributed by atoms with E-state index in [-0.39, 0.29) is 0 Å². The van der Waals surface area contributed by atoms with Crippen LogP contribution in [0.2, 0.25) is 0 Å². The molecule has 0 aliphatic carbocycles. The smallest absolute Gasteiger partial charge is 0.0642 e. The third-order valence-corrected chi connectivity index (χ3v) is 4.08. The molecule has 3 heteroatoms. The Balaban J connectivity index is 1.87. The standard InChI is InChI=1S/C18H18N2O/c1-3-7-16-14(5-1)13-18(20-9-11-21-12-10-20)15-6-2-4-8-17(15)19-16/h1-8,13,19H,9-12H2. The molecule has 2 aromatic carbocycles. The third-order valence-electron chi connectivity index (χ3n) is 4.08. The third kappa shape index (κ3) is 2.30. The first-order valence-corrected chi connectivity index (χ1v) is 7.42. The summed E-state index contributed by atoms with van der Waals surface area (Å²) in [4.78, 5) is 2.42. The van der Waals surface area contributed by atoms with Gasteiger partial charge in [0.15, 0.2) is 0 Å². The molecule has 4 rings (SSSR count). The van der Waals surface area contributed by atoms with Crippen molar-refractivity contribution in [2.45, 2.75) is 0 Å². The van der Waals surface area contributed by atoms with Crippen LogP contribution >= 0.6 is 0 Å². The van der Waals surface area contributed by atoms with Gasteiger partial charge in [0.05, 0.1) is 13.2 Å². The first-order valence-electron chi connectivity index (χ1n) is 7.42. The first-order chi connectivity index (χ1) is 10.4. The van der Waals surface area contributed by atoms with Crippen LogP contribution in [-0.4, -0.2) is 31.2 Å². The number of nitrogens with one attached hydrogen (secondary N) is 1. The van der Waals surface area contributed by atoms with Gasteiger partial charge in [-0.15, -0.1) is 0 Å². The van der Waals surface area contributed by atoms with Crippen molar-refractivity contribution in [3.63, 3.8) is 0 Å². The van der Waals surface area contributed by atoms with E-state index in [9.17, 15) is 0 Å². The summed E-state index contributed by atoms with van der Waals surface area (Å²) in [6.45, 7) is 3.49. The van der Waals surface area contributed by atoms with Crippen LogP contribution in [0.4, 0.5) is 11.4 Å². The number of hydrogen-bond donors (Lipinski definition) is 1. The van der Waals surface area contributed by atoms with Gasteiger partial charge in [0.25, 0.3) is 0 Å². The molecule has 1 fully saturated rings. The van der Waals surface area contributed by atoms with E-state index in [0.29, 0.717) is 0 Å². The number of morpholine rings is 1. The van der Waals surface area contributed by atoms with Crippen molar-refractivity contribution in [3.05, 3.63) is 59.7 Å². The maximum absolute atomic E-state index is 5.49. The second-order valence-electron chi connectivity index (χ2n) is 5.39. The molecule has 0 bridgehead atoms. The minimum atomic E-state index is 0.800. The fraction of sp³-hybridized carbons (Fsp3) is 0.222. The number of fused-ring (bicyclic) bond motifs is 2. The Labute approximate surface area is 124 Å². The number of anilines is 2. The van der Waals surface area contributed by atoms with E-state index >= 15 is 0 Å². The van der Waals surface area contributed by atoms with E-state index in [1.165, 1.54) is 22.5 Å². The molecule has 106 valence electrons. The summed E-state index contributed by atoms with van der Waals surface area (Å²) >= 11 is 0. The Kier molecular flexibility index (Phi) is 3.13. The number of hydrogen-bond acceptors (Lipinski definition) is 3. The molecule has 2 aliphatic heterocycles. The molecule has 2 aromatic rings. The largest absolute Gasteiger partial charge is 0.378 e. The minimum Gasteiger partial charge on any atom is -0.378 e. The summed E-state index contributed by atoms with van der Waals surface area (Å²) in [6.07, 6.45) is 2.29. The molecule has 2 aliphatic rings. The van der Waals surface area contributed by atoms with Crippen LogP contribution in [0.25, 0.3) is 11.8 Å². The molecule has 3 nitrogen and oxygen atoms in total. The number of rotatable bonds is 1. The van der Waals surface area contributed by atoms with Gasteiger partial charge in [-0.25, -0.2) is 0 Å². The Morgan fingerprint density at radius 3 is 2.43 bits per heavy atom. The SMILES string of the molecule is C1=C(N2CCOCC2)c2ccccc2Nc2ccccc21. The lowest BCUT2D eigenvalue weighted by molar-refractivity contribution is 0.0642. The molecule has 0 unspecified atom stereocenters. The number of ether oxygens (including phenoxy) is 1. The second-order valence-corrected chi connectivity index (χ2v) is 5.39. The Morgan fingerprint density at radius 2 is 1.57 bits per heavy atom. The van der Waals surface area contributed by atoms with Crippen molar-refractivity contribution in [1.29, 1.82) is 0 Å². The fourth-order valence-corrected chi connectivity index (χ4v) is 2.99. The van der Waals surface area contributed by atoms with Crippen LogP contribution in [0.3, 0.4) is 0 Å². The molecule has 0 saturated carbocycles. The molecule has 0 radical (unpaired) electrons. The molecule has 1 saturated heterocycles. The Bertz CT molecular complexity index is 687. The van der Waals surface area contributed by atoms with E-state index in [4.69, 9.17) is 4.74 Å². The van der Waals surface area contributed by atoms with Crippen LogP contribution in [-0.2, 0) is 4.74 Å². The van der Waals surface area contributed by atoms with Crippen LogP contribution < -0.4 is 5.32 Å². The maximum Gasteiger partial charge on any atom is 0.0642 e. The Morgan fingerprint density at radius 1 is 0.857 bits per heavy atom. The van der Waals surface area contributed by atoms with Crippen LogP contribution in [0.1, 0.15) is 11.1 Å². The molecule has 0 aromatic heterocycles. The van der Waals surface area contributed by atoms with Crippen molar-refractivity contribution >= 4 is 23.1 Å². The normalized spacial score (nSPS) is 17.1. The summed E-state index contributed by atoms with van der Waals surface area (Å²) in [5.41, 5.74) is 6.10. The van der Waals surface area contributed by atoms with E-state index in [0.717, 1.165) is 32.0 Å². The van der Waals surface area contributed by atoms with E-state index < -0.39 is 0 Å². The summed E-state index contributed by atoms with van der Waals surface area (Å²) < 4.78 is 5.49. The molecule has 2 heterocycles. The van der Waals surface area contributed by atoms with E-state index in [2.05, 4.69) is 64.8 Å². The van der Waals surface area contributed by atoms with Gasteiger partial charge in [0.1, 0.15) is 0 Å². The van der Waals surface area contributed by atoms with Gasteiger partial charge >= 0.3 is 0 Å². The van der Waals surface area contributed by atoms with Crippen molar-refractivity contribution in [1.82, 2.24) is 4.90 Å². The number of benzene rings is 2. The quantitative estimate of drug-likeness (QED) is 0.863.